The summed E-state index contributed by atoms with van der Waals surface area (Å²) in [5, 5.41) is 2.13. The number of thiophene rings is 1. The first-order chi connectivity index (χ1) is 11.7. The van der Waals surface area contributed by atoms with Crippen LogP contribution in [-0.2, 0) is 24.2 Å². The molecule has 6 heteroatoms. The Morgan fingerprint density at radius 2 is 2.17 bits per heavy atom. The Morgan fingerprint density at radius 3 is 2.96 bits per heavy atom. The van der Waals surface area contributed by atoms with Crippen molar-refractivity contribution in [2.75, 3.05) is 24.5 Å². The molecule has 2 aliphatic rings. The lowest BCUT2D eigenvalue weighted by atomic mass is 10.0. The Balaban J connectivity index is 1.40. The van der Waals surface area contributed by atoms with Crippen LogP contribution in [0.1, 0.15) is 29.3 Å². The fourth-order valence-corrected chi connectivity index (χ4v) is 4.42. The van der Waals surface area contributed by atoms with Crippen LogP contribution in [0, 0.1) is 5.92 Å². The SMILES string of the molecule is CCc1cnc(N2CCC(C(=O)N3CCc4sccc4C3)C2)nc1. The van der Waals surface area contributed by atoms with Gasteiger partial charge in [0, 0.05) is 43.4 Å². The predicted octanol–water partition coefficient (Wildman–Crippen LogP) is 2.51. The van der Waals surface area contributed by atoms with E-state index in [1.165, 1.54) is 10.4 Å². The molecule has 0 bridgehead atoms. The summed E-state index contributed by atoms with van der Waals surface area (Å²) in [7, 11) is 0. The number of fused-ring (bicyclic) bond motifs is 1. The minimum Gasteiger partial charge on any atom is -0.340 e. The first-order valence-electron chi connectivity index (χ1n) is 8.64. The number of anilines is 1. The zero-order valence-electron chi connectivity index (χ0n) is 13.9. The van der Waals surface area contributed by atoms with E-state index in [2.05, 4.69) is 33.2 Å². The van der Waals surface area contributed by atoms with E-state index >= 15 is 0 Å². The Hall–Kier alpha value is -1.95. The summed E-state index contributed by atoms with van der Waals surface area (Å²) in [5.74, 6) is 1.11. The Morgan fingerprint density at radius 1 is 1.33 bits per heavy atom. The normalized spacial score (nSPS) is 20.3. The number of carbonyl (C=O) groups is 1. The second-order valence-corrected chi connectivity index (χ2v) is 7.56. The van der Waals surface area contributed by atoms with Gasteiger partial charge in [-0.2, -0.15) is 0 Å². The van der Waals surface area contributed by atoms with E-state index < -0.39 is 0 Å². The summed E-state index contributed by atoms with van der Waals surface area (Å²) in [6.07, 6.45) is 6.61. The fraction of sp³-hybridized carbons (Fsp3) is 0.500. The summed E-state index contributed by atoms with van der Waals surface area (Å²) >= 11 is 1.81. The van der Waals surface area contributed by atoms with Crippen LogP contribution in [-0.4, -0.2) is 40.4 Å². The number of hydrogen-bond donors (Lipinski definition) is 0. The van der Waals surface area contributed by atoms with Crippen molar-refractivity contribution in [3.63, 3.8) is 0 Å². The van der Waals surface area contributed by atoms with Crippen molar-refractivity contribution in [2.24, 2.45) is 5.92 Å². The van der Waals surface area contributed by atoms with E-state index in [0.717, 1.165) is 57.0 Å². The molecule has 0 N–H and O–H groups in total. The molecule has 2 aliphatic heterocycles. The lowest BCUT2D eigenvalue weighted by molar-refractivity contribution is -0.135. The van der Waals surface area contributed by atoms with Crippen LogP contribution in [0.25, 0.3) is 0 Å². The van der Waals surface area contributed by atoms with Gasteiger partial charge in [0.1, 0.15) is 0 Å². The second kappa shape index (κ2) is 6.51. The van der Waals surface area contributed by atoms with Crippen molar-refractivity contribution in [2.45, 2.75) is 32.7 Å². The first kappa shape index (κ1) is 15.6. The van der Waals surface area contributed by atoms with Gasteiger partial charge in [-0.15, -0.1) is 11.3 Å². The molecule has 0 spiro atoms. The van der Waals surface area contributed by atoms with Crippen LogP contribution in [0.15, 0.2) is 23.8 Å². The second-order valence-electron chi connectivity index (χ2n) is 6.56. The van der Waals surface area contributed by atoms with E-state index in [-0.39, 0.29) is 5.92 Å². The number of aryl methyl sites for hydroxylation is 1. The maximum Gasteiger partial charge on any atom is 0.227 e. The molecule has 4 heterocycles. The third kappa shape index (κ3) is 2.90. The summed E-state index contributed by atoms with van der Waals surface area (Å²) < 4.78 is 0. The molecule has 126 valence electrons. The Labute approximate surface area is 146 Å². The highest BCUT2D eigenvalue weighted by atomic mass is 32.1. The minimum atomic E-state index is 0.0691. The van der Waals surface area contributed by atoms with Crippen molar-refractivity contribution >= 4 is 23.2 Å². The standard InChI is InChI=1S/C18H22N4OS/c1-2-13-9-19-18(20-10-13)22-6-3-15(12-22)17(23)21-7-4-16-14(11-21)5-8-24-16/h5,8-10,15H,2-4,6-7,11-12H2,1H3. The van der Waals surface area contributed by atoms with Crippen LogP contribution < -0.4 is 4.90 Å². The number of rotatable bonds is 3. The van der Waals surface area contributed by atoms with Gasteiger partial charge in [0.05, 0.1) is 5.92 Å². The molecule has 1 amide bonds. The molecule has 2 aromatic rings. The quantitative estimate of drug-likeness (QED) is 0.860. The topological polar surface area (TPSA) is 49.3 Å². The van der Waals surface area contributed by atoms with Crippen LogP contribution in [0.5, 0.6) is 0 Å². The maximum atomic E-state index is 12.9. The largest absolute Gasteiger partial charge is 0.340 e. The highest BCUT2D eigenvalue weighted by molar-refractivity contribution is 7.10. The van der Waals surface area contributed by atoms with E-state index in [1.54, 1.807) is 0 Å². The van der Waals surface area contributed by atoms with Gasteiger partial charge >= 0.3 is 0 Å². The molecule has 2 aromatic heterocycles. The lowest BCUT2D eigenvalue weighted by Gasteiger charge is -2.29. The molecule has 1 atom stereocenters. The average molecular weight is 342 g/mol. The summed E-state index contributed by atoms with van der Waals surface area (Å²) in [6, 6.07) is 2.16. The summed E-state index contributed by atoms with van der Waals surface area (Å²) in [5.41, 5.74) is 2.47. The molecule has 0 radical (unpaired) electrons. The highest BCUT2D eigenvalue weighted by Gasteiger charge is 2.33. The molecule has 0 saturated carbocycles. The molecule has 4 rings (SSSR count). The number of aromatic nitrogens is 2. The van der Waals surface area contributed by atoms with Gasteiger partial charge in [-0.05, 0) is 41.8 Å². The minimum absolute atomic E-state index is 0.0691. The van der Waals surface area contributed by atoms with Crippen LogP contribution in [0.2, 0.25) is 0 Å². The number of nitrogens with zero attached hydrogens (tertiary/aromatic N) is 4. The Kier molecular flexibility index (Phi) is 4.22. The molecule has 1 unspecified atom stereocenters. The van der Waals surface area contributed by atoms with Crippen molar-refractivity contribution in [1.29, 1.82) is 0 Å². The monoisotopic (exact) mass is 342 g/mol. The molecule has 1 fully saturated rings. The zero-order chi connectivity index (χ0) is 16.5. The van der Waals surface area contributed by atoms with Gasteiger partial charge in [-0.25, -0.2) is 9.97 Å². The molecular formula is C18H22N4OS. The van der Waals surface area contributed by atoms with Gasteiger partial charge in [0.15, 0.2) is 0 Å². The molecule has 0 aliphatic carbocycles. The maximum absolute atomic E-state index is 12.9. The lowest BCUT2D eigenvalue weighted by Crippen LogP contribution is -2.40. The summed E-state index contributed by atoms with van der Waals surface area (Å²) in [6.45, 7) is 5.32. The van der Waals surface area contributed by atoms with E-state index in [9.17, 15) is 4.79 Å². The smallest absolute Gasteiger partial charge is 0.227 e. The zero-order valence-corrected chi connectivity index (χ0v) is 14.8. The Bertz CT molecular complexity index is 727. The van der Waals surface area contributed by atoms with Crippen LogP contribution in [0.3, 0.4) is 0 Å². The third-order valence-electron chi connectivity index (χ3n) is 5.04. The van der Waals surface area contributed by atoms with Gasteiger partial charge in [0.25, 0.3) is 0 Å². The van der Waals surface area contributed by atoms with E-state index in [1.807, 2.05) is 28.6 Å². The average Bonchev–Trinajstić information content (AvgIpc) is 3.30. The third-order valence-corrected chi connectivity index (χ3v) is 6.06. The van der Waals surface area contributed by atoms with Gasteiger partial charge in [-0.3, -0.25) is 4.79 Å². The van der Waals surface area contributed by atoms with Crippen molar-refractivity contribution < 1.29 is 4.79 Å². The predicted molar refractivity (Wildman–Crippen MR) is 95.2 cm³/mol. The van der Waals surface area contributed by atoms with Crippen LogP contribution >= 0.6 is 11.3 Å². The molecule has 24 heavy (non-hydrogen) atoms. The number of carbonyl (C=O) groups excluding carboxylic acids is 1. The van der Waals surface area contributed by atoms with Crippen LogP contribution in [0.4, 0.5) is 5.95 Å². The van der Waals surface area contributed by atoms with E-state index in [4.69, 9.17) is 0 Å². The molecule has 0 aromatic carbocycles. The van der Waals surface area contributed by atoms with Crippen molar-refractivity contribution in [1.82, 2.24) is 14.9 Å². The van der Waals surface area contributed by atoms with Gasteiger partial charge < -0.3 is 9.80 Å². The number of hydrogen-bond acceptors (Lipinski definition) is 5. The van der Waals surface area contributed by atoms with E-state index in [0.29, 0.717) is 5.91 Å². The van der Waals surface area contributed by atoms with Gasteiger partial charge in [0.2, 0.25) is 11.9 Å². The first-order valence-corrected chi connectivity index (χ1v) is 9.52. The number of amides is 1. The highest BCUT2D eigenvalue weighted by Crippen LogP contribution is 2.28. The molecular weight excluding hydrogens is 320 g/mol. The fourth-order valence-electron chi connectivity index (χ4n) is 3.53. The van der Waals surface area contributed by atoms with Crippen molar-refractivity contribution in [3.8, 4) is 0 Å². The molecule has 1 saturated heterocycles. The van der Waals surface area contributed by atoms with Gasteiger partial charge in [-0.1, -0.05) is 6.92 Å². The molecule has 5 nitrogen and oxygen atoms in total. The summed E-state index contributed by atoms with van der Waals surface area (Å²) in [4.78, 5) is 27.4. The van der Waals surface area contributed by atoms with Crippen molar-refractivity contribution in [3.05, 3.63) is 39.8 Å².